The van der Waals surface area contributed by atoms with Gasteiger partial charge >= 0.3 is 0 Å². The molecule has 3 N–H and O–H groups in total. The van der Waals surface area contributed by atoms with E-state index in [0.717, 1.165) is 18.4 Å². The Kier molecular flexibility index (Phi) is 5.33. The number of rotatable bonds is 7. The standard InChI is InChI=1S/C24H25N9O2/c1-23(2,34)13-33-12-14(9-29-33)20-31-21(32-35-20)24(3,15-4-5-15)16-6-7-18(27-10-16)17-11-28-22(26)30-19(17)8-25/h6-7,9-12,15,34H,4-5,13H2,1-3H3,(H2,26,28,30)/t24-/m0/s1. The van der Waals surface area contributed by atoms with Gasteiger partial charge in [-0.2, -0.15) is 15.3 Å². The lowest BCUT2D eigenvalue weighted by atomic mass is 9.77. The van der Waals surface area contributed by atoms with Gasteiger partial charge < -0.3 is 15.4 Å². The zero-order chi connectivity index (χ0) is 24.8. The molecule has 11 heteroatoms. The molecule has 0 spiro atoms. The molecule has 1 fully saturated rings. The predicted octanol–water partition coefficient (Wildman–Crippen LogP) is 2.73. The Balaban J connectivity index is 1.46. The number of hydrogen-bond donors (Lipinski definition) is 2. The van der Waals surface area contributed by atoms with Crippen LogP contribution in [0.15, 0.2) is 41.4 Å². The van der Waals surface area contributed by atoms with Crippen LogP contribution in [0.1, 0.15) is 50.7 Å². The maximum atomic E-state index is 10.0. The molecule has 1 aliphatic carbocycles. The minimum Gasteiger partial charge on any atom is -0.389 e. The summed E-state index contributed by atoms with van der Waals surface area (Å²) in [6.07, 6.45) is 8.82. The highest BCUT2D eigenvalue weighted by Crippen LogP contribution is 2.50. The van der Waals surface area contributed by atoms with Crippen molar-refractivity contribution in [3.8, 4) is 28.8 Å². The second-order valence-corrected chi connectivity index (χ2v) is 9.67. The summed E-state index contributed by atoms with van der Waals surface area (Å²) in [6.45, 7) is 5.89. The van der Waals surface area contributed by atoms with E-state index in [-0.39, 0.29) is 11.6 Å². The van der Waals surface area contributed by atoms with Gasteiger partial charge in [0.1, 0.15) is 6.07 Å². The van der Waals surface area contributed by atoms with Crippen molar-refractivity contribution in [1.29, 1.82) is 5.26 Å². The van der Waals surface area contributed by atoms with E-state index in [4.69, 9.17) is 15.2 Å². The number of anilines is 1. The van der Waals surface area contributed by atoms with E-state index in [2.05, 4.69) is 32.1 Å². The van der Waals surface area contributed by atoms with Gasteiger partial charge in [-0.1, -0.05) is 11.2 Å². The van der Waals surface area contributed by atoms with Gasteiger partial charge in [0.05, 0.1) is 40.6 Å². The fraction of sp³-hybridized carbons (Fsp3) is 0.375. The lowest BCUT2D eigenvalue weighted by Crippen LogP contribution is -2.28. The van der Waals surface area contributed by atoms with E-state index in [9.17, 15) is 10.4 Å². The fourth-order valence-electron chi connectivity index (χ4n) is 4.25. The highest BCUT2D eigenvalue weighted by Gasteiger charge is 2.47. The number of nitrogen functional groups attached to an aromatic ring is 1. The molecule has 0 aromatic carbocycles. The van der Waals surface area contributed by atoms with E-state index in [1.807, 2.05) is 18.2 Å². The first-order valence-electron chi connectivity index (χ1n) is 11.3. The van der Waals surface area contributed by atoms with E-state index >= 15 is 0 Å². The molecule has 4 aromatic heterocycles. The predicted molar refractivity (Wildman–Crippen MR) is 125 cm³/mol. The minimum absolute atomic E-state index is 0.0433. The average Bonchev–Trinajstić information content (AvgIpc) is 3.39. The molecular formula is C24H25N9O2. The van der Waals surface area contributed by atoms with Crippen molar-refractivity contribution in [2.45, 2.75) is 51.2 Å². The molecule has 0 aliphatic heterocycles. The normalized spacial score (nSPS) is 15.5. The third-order valence-electron chi connectivity index (χ3n) is 6.27. The van der Waals surface area contributed by atoms with Gasteiger partial charge in [-0.15, -0.1) is 0 Å². The first-order chi connectivity index (χ1) is 16.7. The summed E-state index contributed by atoms with van der Waals surface area (Å²) in [5.41, 5.74) is 7.13. The monoisotopic (exact) mass is 471 g/mol. The highest BCUT2D eigenvalue weighted by molar-refractivity contribution is 5.65. The van der Waals surface area contributed by atoms with Crippen molar-refractivity contribution in [3.63, 3.8) is 0 Å². The molecule has 0 saturated heterocycles. The molecule has 178 valence electrons. The summed E-state index contributed by atoms with van der Waals surface area (Å²) in [5, 5.41) is 28.1. The fourth-order valence-corrected chi connectivity index (χ4v) is 4.25. The van der Waals surface area contributed by atoms with Gasteiger partial charge in [-0.3, -0.25) is 9.67 Å². The minimum atomic E-state index is -0.889. The van der Waals surface area contributed by atoms with Gasteiger partial charge in [0.2, 0.25) is 5.95 Å². The van der Waals surface area contributed by atoms with Crippen molar-refractivity contribution < 1.29 is 9.63 Å². The lowest BCUT2D eigenvalue weighted by Gasteiger charge is -2.26. The Morgan fingerprint density at radius 3 is 2.63 bits per heavy atom. The molecule has 11 nitrogen and oxygen atoms in total. The van der Waals surface area contributed by atoms with Crippen molar-refractivity contribution in [2.24, 2.45) is 5.92 Å². The Bertz CT molecular complexity index is 1410. The molecule has 4 aromatic rings. The van der Waals surface area contributed by atoms with Gasteiger partial charge in [0.25, 0.3) is 5.89 Å². The van der Waals surface area contributed by atoms with E-state index in [1.165, 1.54) is 6.20 Å². The Labute approximate surface area is 201 Å². The number of nitrogens with two attached hydrogens (primary N) is 1. The molecular weight excluding hydrogens is 446 g/mol. The topological polar surface area (TPSA) is 165 Å². The first kappa shape index (κ1) is 22.6. The van der Waals surface area contributed by atoms with Crippen LogP contribution in [0.25, 0.3) is 22.7 Å². The summed E-state index contributed by atoms with van der Waals surface area (Å²) >= 11 is 0. The maximum Gasteiger partial charge on any atom is 0.261 e. The van der Waals surface area contributed by atoms with Crippen molar-refractivity contribution in [2.75, 3.05) is 5.73 Å². The summed E-state index contributed by atoms with van der Waals surface area (Å²) in [6, 6.07) is 5.85. The van der Waals surface area contributed by atoms with Crippen LogP contribution in [0, 0.1) is 17.2 Å². The number of nitrogens with zero attached hydrogens (tertiary/aromatic N) is 8. The van der Waals surface area contributed by atoms with Crippen molar-refractivity contribution in [3.05, 3.63) is 54.0 Å². The van der Waals surface area contributed by atoms with Gasteiger partial charge in [0.15, 0.2) is 11.5 Å². The number of pyridine rings is 1. The van der Waals surface area contributed by atoms with E-state index in [0.29, 0.717) is 41.0 Å². The molecule has 35 heavy (non-hydrogen) atoms. The quantitative estimate of drug-likeness (QED) is 0.409. The van der Waals surface area contributed by atoms with Gasteiger partial charge in [0, 0.05) is 18.6 Å². The SMILES string of the molecule is CC(C)(O)Cn1cc(-c2nc([C@](C)(c3ccc(-c4cnc(N)nc4C#N)nc3)C3CC3)no2)cn1. The first-order valence-corrected chi connectivity index (χ1v) is 11.3. The summed E-state index contributed by atoms with van der Waals surface area (Å²) in [7, 11) is 0. The van der Waals surface area contributed by atoms with Gasteiger partial charge in [-0.05, 0) is 51.2 Å². The second kappa shape index (κ2) is 8.25. The zero-order valence-electron chi connectivity index (χ0n) is 19.7. The smallest absolute Gasteiger partial charge is 0.261 e. The van der Waals surface area contributed by atoms with Crippen LogP contribution in [0.2, 0.25) is 0 Å². The lowest BCUT2D eigenvalue weighted by molar-refractivity contribution is 0.0577. The van der Waals surface area contributed by atoms with E-state index < -0.39 is 11.0 Å². The molecule has 0 amide bonds. The maximum absolute atomic E-state index is 10.0. The van der Waals surface area contributed by atoms with Crippen molar-refractivity contribution in [1.82, 2.24) is 34.9 Å². The Hall–Kier alpha value is -4.17. The average molecular weight is 472 g/mol. The highest BCUT2D eigenvalue weighted by atomic mass is 16.5. The molecule has 5 rings (SSSR count). The number of aliphatic hydroxyl groups is 1. The number of nitriles is 1. The van der Waals surface area contributed by atoms with Crippen molar-refractivity contribution >= 4 is 5.95 Å². The molecule has 1 atom stereocenters. The third-order valence-corrected chi connectivity index (χ3v) is 6.27. The van der Waals surface area contributed by atoms with Crippen LogP contribution in [0.3, 0.4) is 0 Å². The molecule has 0 unspecified atom stereocenters. The van der Waals surface area contributed by atoms with Gasteiger partial charge in [-0.25, -0.2) is 9.97 Å². The number of hydrogen-bond acceptors (Lipinski definition) is 10. The zero-order valence-corrected chi connectivity index (χ0v) is 19.7. The van der Waals surface area contributed by atoms with Crippen LogP contribution >= 0.6 is 0 Å². The van der Waals surface area contributed by atoms with Crippen LogP contribution in [-0.2, 0) is 12.0 Å². The second-order valence-electron chi connectivity index (χ2n) is 9.67. The third kappa shape index (κ3) is 4.36. The molecule has 1 saturated carbocycles. The largest absolute Gasteiger partial charge is 0.389 e. The molecule has 0 bridgehead atoms. The van der Waals surface area contributed by atoms with Crippen LogP contribution in [0.4, 0.5) is 5.95 Å². The molecule has 4 heterocycles. The van der Waals surface area contributed by atoms with Crippen LogP contribution in [0.5, 0.6) is 0 Å². The summed E-state index contributed by atoms with van der Waals surface area (Å²) in [4.78, 5) is 17.3. The van der Waals surface area contributed by atoms with Crippen LogP contribution in [-0.4, -0.2) is 45.6 Å². The molecule has 0 radical (unpaired) electrons. The summed E-state index contributed by atoms with van der Waals surface area (Å²) < 4.78 is 7.26. The van der Waals surface area contributed by atoms with Crippen LogP contribution < -0.4 is 5.73 Å². The Morgan fingerprint density at radius 1 is 1.17 bits per heavy atom. The molecule has 1 aliphatic rings. The summed E-state index contributed by atoms with van der Waals surface area (Å²) in [5.74, 6) is 1.35. The van der Waals surface area contributed by atoms with E-state index in [1.54, 1.807) is 37.1 Å². The Morgan fingerprint density at radius 2 is 1.97 bits per heavy atom. The number of aromatic nitrogens is 7.